The lowest BCUT2D eigenvalue weighted by Gasteiger charge is -2.26. The van der Waals surface area contributed by atoms with Gasteiger partial charge in [0, 0.05) is 42.7 Å². The number of ether oxygens (including phenoxy) is 2. The second-order valence-electron chi connectivity index (χ2n) is 9.45. The molecule has 1 aliphatic carbocycles. The number of alkyl halides is 3. The standard InChI is InChI=1S/C26H27F3N4O4/c27-26(28,29)24-6-2-5-20(30-24)22(34)12-18-11-19-14-33(15-25(35)32-7-9-36-10-8-32)31-21(19)13-23(18)37-16-17-3-1-4-17/h2,5-6,11,13-14,17H,1,3-4,7-10,12,15-16H2. The molecule has 0 N–H and O–H groups in total. The highest BCUT2D eigenvalue weighted by Gasteiger charge is 2.33. The van der Waals surface area contributed by atoms with Crippen LogP contribution < -0.4 is 4.74 Å². The average molecular weight is 517 g/mol. The number of rotatable bonds is 8. The Hall–Kier alpha value is -3.47. The van der Waals surface area contributed by atoms with Gasteiger partial charge in [-0.25, -0.2) is 4.98 Å². The van der Waals surface area contributed by atoms with Gasteiger partial charge in [-0.2, -0.15) is 18.3 Å². The zero-order valence-electron chi connectivity index (χ0n) is 20.2. The van der Waals surface area contributed by atoms with Crippen LogP contribution in [0, 0.1) is 5.92 Å². The predicted molar refractivity (Wildman–Crippen MR) is 127 cm³/mol. The van der Waals surface area contributed by atoms with Crippen molar-refractivity contribution in [3.63, 3.8) is 0 Å². The molecule has 2 aromatic heterocycles. The van der Waals surface area contributed by atoms with Crippen LogP contribution in [0.15, 0.2) is 36.5 Å². The SMILES string of the molecule is O=C(Cc1cc2cn(CC(=O)N3CCOCC3)nc2cc1OCC1CCC1)c1cccc(C(F)(F)F)n1. The first-order valence-electron chi connectivity index (χ1n) is 12.3. The first kappa shape index (κ1) is 25.2. The molecule has 37 heavy (non-hydrogen) atoms. The Balaban J connectivity index is 1.39. The Morgan fingerprint density at radius 1 is 1.14 bits per heavy atom. The molecule has 1 aromatic carbocycles. The number of halogens is 3. The number of hydrogen-bond acceptors (Lipinski definition) is 6. The lowest BCUT2D eigenvalue weighted by molar-refractivity contribution is -0.141. The third-order valence-electron chi connectivity index (χ3n) is 6.77. The molecule has 1 aliphatic heterocycles. The zero-order chi connectivity index (χ0) is 26.0. The maximum atomic E-state index is 13.1. The van der Waals surface area contributed by atoms with Crippen molar-refractivity contribution in [3.05, 3.63) is 53.5 Å². The van der Waals surface area contributed by atoms with E-state index in [4.69, 9.17) is 9.47 Å². The molecule has 0 bridgehead atoms. The highest BCUT2D eigenvalue weighted by molar-refractivity contribution is 5.97. The topological polar surface area (TPSA) is 86.6 Å². The number of carbonyl (C=O) groups excluding carboxylic acids is 2. The molecular formula is C26H27F3N4O4. The third-order valence-corrected chi connectivity index (χ3v) is 6.77. The summed E-state index contributed by atoms with van der Waals surface area (Å²) in [6.45, 7) is 2.64. The highest BCUT2D eigenvalue weighted by Crippen LogP contribution is 2.31. The first-order chi connectivity index (χ1) is 17.8. The van der Waals surface area contributed by atoms with Crippen molar-refractivity contribution in [3.8, 4) is 5.75 Å². The van der Waals surface area contributed by atoms with Gasteiger partial charge in [0.2, 0.25) is 5.91 Å². The predicted octanol–water partition coefficient (Wildman–Crippen LogP) is 3.91. The number of pyridine rings is 1. The number of Topliss-reactive ketones (excluding diaryl/α,β-unsaturated/α-hetero) is 1. The van der Waals surface area contributed by atoms with Gasteiger partial charge < -0.3 is 14.4 Å². The van der Waals surface area contributed by atoms with E-state index in [1.54, 1.807) is 27.9 Å². The summed E-state index contributed by atoms with van der Waals surface area (Å²) in [5, 5.41) is 5.22. The number of nitrogens with zero attached hydrogens (tertiary/aromatic N) is 4. The van der Waals surface area contributed by atoms with Gasteiger partial charge in [-0.05, 0) is 37.0 Å². The Morgan fingerprint density at radius 2 is 1.92 bits per heavy atom. The molecule has 1 amide bonds. The van der Waals surface area contributed by atoms with Crippen LogP contribution >= 0.6 is 0 Å². The van der Waals surface area contributed by atoms with E-state index in [0.29, 0.717) is 61.0 Å². The van der Waals surface area contributed by atoms with Crippen molar-refractivity contribution in [2.75, 3.05) is 32.9 Å². The van der Waals surface area contributed by atoms with Crippen LogP contribution in [0.3, 0.4) is 0 Å². The molecule has 3 heterocycles. The van der Waals surface area contributed by atoms with Crippen molar-refractivity contribution < 1.29 is 32.2 Å². The minimum atomic E-state index is -4.64. The van der Waals surface area contributed by atoms with Gasteiger partial charge in [0.1, 0.15) is 23.7 Å². The summed E-state index contributed by atoms with van der Waals surface area (Å²) in [5.41, 5.74) is -0.227. The number of hydrogen-bond donors (Lipinski definition) is 0. The maximum Gasteiger partial charge on any atom is 0.433 e. The summed E-state index contributed by atoms with van der Waals surface area (Å²) in [6, 6.07) is 6.77. The lowest BCUT2D eigenvalue weighted by atomic mass is 9.86. The van der Waals surface area contributed by atoms with Crippen molar-refractivity contribution >= 4 is 22.6 Å². The molecule has 196 valence electrons. The second kappa shape index (κ2) is 10.5. The molecule has 0 radical (unpaired) electrons. The van der Waals surface area contributed by atoms with Crippen LogP contribution in [-0.4, -0.2) is 64.3 Å². The van der Waals surface area contributed by atoms with Gasteiger partial charge in [0.25, 0.3) is 0 Å². The monoisotopic (exact) mass is 516 g/mol. The van der Waals surface area contributed by atoms with E-state index in [0.717, 1.165) is 25.3 Å². The Bertz CT molecular complexity index is 1300. The van der Waals surface area contributed by atoms with Crippen LogP contribution in [-0.2, 0) is 28.7 Å². The van der Waals surface area contributed by atoms with Gasteiger partial charge in [-0.3, -0.25) is 14.3 Å². The average Bonchev–Trinajstić information content (AvgIpc) is 3.24. The quantitative estimate of drug-likeness (QED) is 0.422. The van der Waals surface area contributed by atoms with Crippen molar-refractivity contribution in [1.82, 2.24) is 19.7 Å². The summed E-state index contributed by atoms with van der Waals surface area (Å²) in [4.78, 5) is 30.9. The highest BCUT2D eigenvalue weighted by atomic mass is 19.4. The Labute approximate surface area is 211 Å². The third kappa shape index (κ3) is 5.93. The minimum Gasteiger partial charge on any atom is -0.493 e. The van der Waals surface area contributed by atoms with Gasteiger partial charge in [0.05, 0.1) is 25.3 Å². The number of ketones is 1. The largest absolute Gasteiger partial charge is 0.493 e. The fourth-order valence-corrected chi connectivity index (χ4v) is 4.43. The molecule has 5 rings (SSSR count). The maximum absolute atomic E-state index is 13.1. The molecular weight excluding hydrogens is 489 g/mol. The van der Waals surface area contributed by atoms with Gasteiger partial charge in [-0.15, -0.1) is 0 Å². The van der Waals surface area contributed by atoms with E-state index in [-0.39, 0.29) is 24.6 Å². The fourth-order valence-electron chi connectivity index (χ4n) is 4.43. The first-order valence-corrected chi connectivity index (χ1v) is 12.3. The van der Waals surface area contributed by atoms with Gasteiger partial charge in [0.15, 0.2) is 5.78 Å². The van der Waals surface area contributed by atoms with E-state index < -0.39 is 17.7 Å². The fraction of sp³-hybridized carbons (Fsp3) is 0.462. The van der Waals surface area contributed by atoms with E-state index in [9.17, 15) is 22.8 Å². The molecule has 0 atom stereocenters. The van der Waals surface area contributed by atoms with E-state index in [1.165, 1.54) is 12.1 Å². The van der Waals surface area contributed by atoms with Gasteiger partial charge >= 0.3 is 6.18 Å². The molecule has 1 saturated heterocycles. The summed E-state index contributed by atoms with van der Waals surface area (Å²) in [7, 11) is 0. The molecule has 2 fully saturated rings. The summed E-state index contributed by atoms with van der Waals surface area (Å²) in [6.07, 6.45) is 0.203. The summed E-state index contributed by atoms with van der Waals surface area (Å²) in [5.74, 6) is 0.287. The zero-order valence-corrected chi connectivity index (χ0v) is 20.2. The molecule has 8 nitrogen and oxygen atoms in total. The number of amides is 1. The normalized spacial score (nSPS) is 16.6. The molecule has 0 spiro atoms. The molecule has 0 unspecified atom stereocenters. The van der Waals surface area contributed by atoms with Gasteiger partial charge in [-0.1, -0.05) is 12.5 Å². The van der Waals surface area contributed by atoms with Crippen molar-refractivity contribution in [1.29, 1.82) is 0 Å². The molecule has 1 saturated carbocycles. The lowest BCUT2D eigenvalue weighted by Crippen LogP contribution is -2.42. The van der Waals surface area contributed by atoms with Crippen LogP contribution in [0.4, 0.5) is 13.2 Å². The number of carbonyl (C=O) groups is 2. The molecule has 3 aromatic rings. The van der Waals surface area contributed by atoms with Crippen LogP contribution in [0.2, 0.25) is 0 Å². The van der Waals surface area contributed by atoms with Crippen LogP contribution in [0.5, 0.6) is 5.75 Å². The Kier molecular flexibility index (Phi) is 7.14. The van der Waals surface area contributed by atoms with Crippen LogP contribution in [0.25, 0.3) is 10.9 Å². The number of aromatic nitrogens is 3. The molecule has 2 aliphatic rings. The molecule has 11 heteroatoms. The number of fused-ring (bicyclic) bond motifs is 1. The smallest absolute Gasteiger partial charge is 0.433 e. The Morgan fingerprint density at radius 3 is 2.62 bits per heavy atom. The van der Waals surface area contributed by atoms with E-state index >= 15 is 0 Å². The van der Waals surface area contributed by atoms with Crippen molar-refractivity contribution in [2.45, 2.75) is 38.4 Å². The number of morpholine rings is 1. The number of benzene rings is 1. The van der Waals surface area contributed by atoms with E-state index in [1.807, 2.05) is 0 Å². The minimum absolute atomic E-state index is 0.0648. The van der Waals surface area contributed by atoms with Crippen molar-refractivity contribution in [2.24, 2.45) is 5.92 Å². The van der Waals surface area contributed by atoms with Crippen LogP contribution in [0.1, 0.15) is 41.0 Å². The van der Waals surface area contributed by atoms with E-state index in [2.05, 4.69) is 10.1 Å². The summed E-state index contributed by atoms with van der Waals surface area (Å²) >= 11 is 0. The summed E-state index contributed by atoms with van der Waals surface area (Å²) < 4.78 is 52.2. The second-order valence-corrected chi connectivity index (χ2v) is 9.45.